The zero-order chi connectivity index (χ0) is 21.9. The number of hydrogen-bond donors (Lipinski definition) is 0. The second-order valence-corrected chi connectivity index (χ2v) is 8.63. The minimum Gasteiger partial charge on any atom is -0.455 e. The van der Waals surface area contributed by atoms with Gasteiger partial charge in [-0.1, -0.05) is 78.9 Å². The minimum atomic E-state index is 0.916. The van der Waals surface area contributed by atoms with Crippen molar-refractivity contribution in [2.75, 3.05) is 0 Å². The zero-order valence-corrected chi connectivity index (χ0v) is 18.2. The predicted molar refractivity (Wildman–Crippen MR) is 138 cm³/mol. The molecule has 0 N–H and O–H groups in total. The highest BCUT2D eigenvalue weighted by Gasteiger charge is 2.22. The number of benzene rings is 5. The van der Waals surface area contributed by atoms with Crippen LogP contribution in [0.25, 0.3) is 60.6 Å². The highest BCUT2D eigenvalue weighted by molar-refractivity contribution is 6.27. The Kier molecular flexibility index (Phi) is 3.80. The van der Waals surface area contributed by atoms with E-state index in [0.717, 1.165) is 27.8 Å². The van der Waals surface area contributed by atoms with E-state index < -0.39 is 0 Å². The van der Waals surface area contributed by atoms with E-state index in [1.54, 1.807) is 0 Å². The molecule has 0 radical (unpaired) electrons. The lowest BCUT2D eigenvalue weighted by molar-refractivity contribution is 0.670. The molecule has 2 aromatic heterocycles. The number of fused-ring (bicyclic) bond motifs is 7. The lowest BCUT2D eigenvalue weighted by atomic mass is 9.96. The van der Waals surface area contributed by atoms with Crippen LogP contribution in [0.4, 0.5) is 0 Å². The molecule has 2 heterocycles. The van der Waals surface area contributed by atoms with Gasteiger partial charge in [0.2, 0.25) is 0 Å². The van der Waals surface area contributed by atoms with Gasteiger partial charge in [0.1, 0.15) is 11.2 Å². The van der Waals surface area contributed by atoms with Crippen LogP contribution in [-0.4, -0.2) is 4.57 Å². The molecule has 0 saturated carbocycles. The van der Waals surface area contributed by atoms with Crippen molar-refractivity contribution in [2.45, 2.75) is 6.92 Å². The summed E-state index contributed by atoms with van der Waals surface area (Å²) in [7, 11) is 0. The third kappa shape index (κ3) is 2.55. The van der Waals surface area contributed by atoms with Crippen LogP contribution in [-0.2, 0) is 0 Å². The van der Waals surface area contributed by atoms with Gasteiger partial charge in [0.05, 0.1) is 16.4 Å². The molecule has 0 unspecified atom stereocenters. The highest BCUT2D eigenvalue weighted by Crippen LogP contribution is 2.45. The Hall–Kier alpha value is -4.30. The lowest BCUT2D eigenvalue weighted by Crippen LogP contribution is -1.94. The van der Waals surface area contributed by atoms with E-state index in [9.17, 15) is 0 Å². The molecule has 0 saturated heterocycles. The van der Waals surface area contributed by atoms with Crippen LogP contribution in [0.1, 0.15) is 5.56 Å². The Morgan fingerprint density at radius 1 is 0.606 bits per heavy atom. The molecule has 0 spiro atoms. The number of aryl methyl sites for hydroxylation is 1. The van der Waals surface area contributed by atoms with Crippen LogP contribution in [0.2, 0.25) is 0 Å². The first-order chi connectivity index (χ1) is 16.3. The molecule has 0 amide bonds. The number of aromatic nitrogens is 1. The fourth-order valence-electron chi connectivity index (χ4n) is 5.26. The number of para-hydroxylation sites is 3. The van der Waals surface area contributed by atoms with Crippen molar-refractivity contribution in [2.24, 2.45) is 0 Å². The number of furan rings is 1. The molecular weight excluding hydrogens is 402 g/mol. The van der Waals surface area contributed by atoms with Crippen molar-refractivity contribution in [3.8, 4) is 16.8 Å². The SMILES string of the molecule is Cc1ccccc1-c1cc2c3ccccc3n(-c3ccccc3)c2c2c1oc1ccccc12. The van der Waals surface area contributed by atoms with Crippen LogP contribution >= 0.6 is 0 Å². The van der Waals surface area contributed by atoms with Gasteiger partial charge in [0.25, 0.3) is 0 Å². The second-order valence-electron chi connectivity index (χ2n) is 8.63. The highest BCUT2D eigenvalue weighted by atomic mass is 16.3. The lowest BCUT2D eigenvalue weighted by Gasteiger charge is -2.11. The summed E-state index contributed by atoms with van der Waals surface area (Å²) in [4.78, 5) is 0. The molecule has 5 aromatic carbocycles. The third-order valence-corrected chi connectivity index (χ3v) is 6.73. The zero-order valence-electron chi connectivity index (χ0n) is 18.2. The molecule has 0 fully saturated rings. The summed E-state index contributed by atoms with van der Waals surface area (Å²) in [5, 5.41) is 4.81. The Bertz CT molecular complexity index is 1820. The maximum absolute atomic E-state index is 6.57. The van der Waals surface area contributed by atoms with E-state index in [-0.39, 0.29) is 0 Å². The molecular formula is C31H21NO. The molecule has 0 bridgehead atoms. The van der Waals surface area contributed by atoms with Crippen LogP contribution < -0.4 is 0 Å². The quantitative estimate of drug-likeness (QED) is 0.272. The molecule has 7 aromatic rings. The van der Waals surface area contributed by atoms with Gasteiger partial charge in [-0.25, -0.2) is 0 Å². The summed E-state index contributed by atoms with van der Waals surface area (Å²) in [6, 6.07) is 38.6. The largest absolute Gasteiger partial charge is 0.455 e. The summed E-state index contributed by atoms with van der Waals surface area (Å²) in [6.45, 7) is 2.17. The summed E-state index contributed by atoms with van der Waals surface area (Å²) >= 11 is 0. The number of hydrogen-bond acceptors (Lipinski definition) is 1. The van der Waals surface area contributed by atoms with Crippen molar-refractivity contribution < 1.29 is 4.42 Å². The third-order valence-electron chi connectivity index (χ3n) is 6.73. The first-order valence-electron chi connectivity index (χ1n) is 11.3. The molecule has 0 aliphatic carbocycles. The van der Waals surface area contributed by atoms with Gasteiger partial charge in [0, 0.05) is 27.4 Å². The van der Waals surface area contributed by atoms with E-state index in [1.165, 1.54) is 38.3 Å². The maximum Gasteiger partial charge on any atom is 0.145 e. The molecule has 156 valence electrons. The fraction of sp³-hybridized carbons (Fsp3) is 0.0323. The van der Waals surface area contributed by atoms with E-state index in [1.807, 2.05) is 6.07 Å². The molecule has 2 nitrogen and oxygen atoms in total. The molecule has 0 aliphatic rings. The Morgan fingerprint density at radius 2 is 1.30 bits per heavy atom. The summed E-state index contributed by atoms with van der Waals surface area (Å²) in [6.07, 6.45) is 0. The van der Waals surface area contributed by atoms with Gasteiger partial charge < -0.3 is 8.98 Å². The molecule has 7 rings (SSSR count). The number of rotatable bonds is 2. The Morgan fingerprint density at radius 3 is 2.15 bits per heavy atom. The smallest absolute Gasteiger partial charge is 0.145 e. The van der Waals surface area contributed by atoms with Gasteiger partial charge in [-0.2, -0.15) is 0 Å². The standard InChI is InChI=1S/C31H21NO/c1-20-11-5-6-14-22(20)26-19-25-23-15-7-9-17-27(23)32(21-12-3-2-4-13-21)30(25)29-24-16-8-10-18-28(24)33-31(26)29/h2-19H,1H3. The van der Waals surface area contributed by atoms with Gasteiger partial charge in [-0.15, -0.1) is 0 Å². The maximum atomic E-state index is 6.57. The number of nitrogens with zero attached hydrogens (tertiary/aromatic N) is 1. The normalized spacial score (nSPS) is 11.8. The molecule has 0 aliphatic heterocycles. The van der Waals surface area contributed by atoms with Crippen LogP contribution in [0.3, 0.4) is 0 Å². The first-order valence-corrected chi connectivity index (χ1v) is 11.3. The van der Waals surface area contributed by atoms with Crippen molar-refractivity contribution >= 4 is 43.7 Å². The average Bonchev–Trinajstić information content (AvgIpc) is 3.40. The van der Waals surface area contributed by atoms with Crippen LogP contribution in [0.5, 0.6) is 0 Å². The Labute approximate surface area is 191 Å². The predicted octanol–water partition coefficient (Wildman–Crippen LogP) is 8.66. The van der Waals surface area contributed by atoms with Crippen molar-refractivity contribution in [1.29, 1.82) is 0 Å². The molecule has 2 heteroatoms. The summed E-state index contributed by atoms with van der Waals surface area (Å²) < 4.78 is 8.96. The summed E-state index contributed by atoms with van der Waals surface area (Å²) in [5.74, 6) is 0. The Balaban J connectivity index is 1.79. The minimum absolute atomic E-state index is 0.916. The average molecular weight is 424 g/mol. The van der Waals surface area contributed by atoms with Gasteiger partial charge in [-0.3, -0.25) is 0 Å². The van der Waals surface area contributed by atoms with Crippen molar-refractivity contribution in [1.82, 2.24) is 4.57 Å². The van der Waals surface area contributed by atoms with Gasteiger partial charge in [0.15, 0.2) is 0 Å². The molecule has 0 atom stereocenters. The monoisotopic (exact) mass is 423 g/mol. The van der Waals surface area contributed by atoms with Crippen LogP contribution in [0.15, 0.2) is 114 Å². The first kappa shape index (κ1) is 18.3. The summed E-state index contributed by atoms with van der Waals surface area (Å²) in [5.41, 5.74) is 9.00. The second kappa shape index (κ2) is 6.85. The van der Waals surface area contributed by atoms with Gasteiger partial charge >= 0.3 is 0 Å². The van der Waals surface area contributed by atoms with Gasteiger partial charge in [-0.05, 0) is 48.4 Å². The van der Waals surface area contributed by atoms with E-state index in [4.69, 9.17) is 4.42 Å². The van der Waals surface area contributed by atoms with Crippen LogP contribution in [0, 0.1) is 6.92 Å². The topological polar surface area (TPSA) is 18.1 Å². The van der Waals surface area contributed by atoms with E-state index >= 15 is 0 Å². The molecule has 33 heavy (non-hydrogen) atoms. The van der Waals surface area contributed by atoms with Crippen molar-refractivity contribution in [3.63, 3.8) is 0 Å². The van der Waals surface area contributed by atoms with Crippen molar-refractivity contribution in [3.05, 3.63) is 115 Å². The van der Waals surface area contributed by atoms with E-state index in [0.29, 0.717) is 0 Å². The fourth-order valence-corrected chi connectivity index (χ4v) is 5.26. The van der Waals surface area contributed by atoms with E-state index in [2.05, 4.69) is 115 Å².